The third-order valence-electron chi connectivity index (χ3n) is 3.48. The fourth-order valence-corrected chi connectivity index (χ4v) is 2.16. The lowest BCUT2D eigenvalue weighted by Gasteiger charge is -2.14. The maximum Gasteiger partial charge on any atom is 0.344 e. The lowest BCUT2D eigenvalue weighted by atomic mass is 10.2. The van der Waals surface area contributed by atoms with Crippen LogP contribution in [0.5, 0.6) is 5.75 Å². The van der Waals surface area contributed by atoms with Gasteiger partial charge < -0.3 is 14.4 Å². The quantitative estimate of drug-likeness (QED) is 0.538. The van der Waals surface area contributed by atoms with Gasteiger partial charge >= 0.3 is 5.97 Å². The number of pyridine rings is 1. The van der Waals surface area contributed by atoms with E-state index in [9.17, 15) is 9.59 Å². The highest BCUT2D eigenvalue weighted by atomic mass is 16.6. The summed E-state index contributed by atoms with van der Waals surface area (Å²) >= 11 is 0. The first-order valence-electron chi connectivity index (χ1n) is 8.29. The summed E-state index contributed by atoms with van der Waals surface area (Å²) in [4.78, 5) is 29.1. The average Bonchev–Trinajstić information content (AvgIpc) is 2.66. The van der Waals surface area contributed by atoms with Crippen LogP contribution in [0, 0.1) is 0 Å². The van der Waals surface area contributed by atoms with Crippen molar-refractivity contribution in [2.45, 2.75) is 13.5 Å². The van der Waals surface area contributed by atoms with Crippen LogP contribution in [0.1, 0.15) is 18.1 Å². The van der Waals surface area contributed by atoms with Crippen molar-refractivity contribution in [3.63, 3.8) is 0 Å². The van der Waals surface area contributed by atoms with E-state index < -0.39 is 5.97 Å². The van der Waals surface area contributed by atoms with E-state index in [0.29, 0.717) is 18.9 Å². The van der Waals surface area contributed by atoms with Crippen molar-refractivity contribution in [2.75, 3.05) is 20.3 Å². The fourth-order valence-electron chi connectivity index (χ4n) is 2.16. The van der Waals surface area contributed by atoms with Crippen molar-refractivity contribution in [1.82, 2.24) is 9.88 Å². The lowest BCUT2D eigenvalue weighted by molar-refractivity contribution is -0.145. The number of benzene rings is 1. The van der Waals surface area contributed by atoms with E-state index in [1.807, 2.05) is 24.3 Å². The SMILES string of the molecule is CCOC(=O)COc1ccc(C=CC(=O)N(C)Cc2cccnc2)cc1. The number of ether oxygens (including phenoxy) is 2. The smallest absolute Gasteiger partial charge is 0.344 e. The van der Waals surface area contributed by atoms with E-state index in [2.05, 4.69) is 4.98 Å². The van der Waals surface area contributed by atoms with Crippen molar-refractivity contribution < 1.29 is 19.1 Å². The van der Waals surface area contributed by atoms with Crippen LogP contribution in [0.15, 0.2) is 54.9 Å². The monoisotopic (exact) mass is 354 g/mol. The number of nitrogens with zero attached hydrogens (tertiary/aromatic N) is 2. The van der Waals surface area contributed by atoms with Gasteiger partial charge in [-0.3, -0.25) is 9.78 Å². The highest BCUT2D eigenvalue weighted by Crippen LogP contribution is 2.13. The van der Waals surface area contributed by atoms with Crippen LogP contribution in [0.25, 0.3) is 6.08 Å². The van der Waals surface area contributed by atoms with Gasteiger partial charge in [-0.25, -0.2) is 4.79 Å². The van der Waals surface area contributed by atoms with Gasteiger partial charge in [0.1, 0.15) is 5.75 Å². The fraction of sp³-hybridized carbons (Fsp3) is 0.250. The highest BCUT2D eigenvalue weighted by molar-refractivity contribution is 5.91. The Morgan fingerprint density at radius 3 is 2.62 bits per heavy atom. The van der Waals surface area contributed by atoms with E-state index >= 15 is 0 Å². The van der Waals surface area contributed by atoms with Crippen molar-refractivity contribution in [1.29, 1.82) is 0 Å². The van der Waals surface area contributed by atoms with Gasteiger partial charge in [0.15, 0.2) is 6.61 Å². The van der Waals surface area contributed by atoms with E-state index in [-0.39, 0.29) is 12.5 Å². The van der Waals surface area contributed by atoms with Crippen LogP contribution < -0.4 is 4.74 Å². The topological polar surface area (TPSA) is 68.7 Å². The molecule has 0 fully saturated rings. The number of carbonyl (C=O) groups is 2. The highest BCUT2D eigenvalue weighted by Gasteiger charge is 2.06. The first kappa shape index (κ1) is 19.2. The predicted octanol–water partition coefficient (Wildman–Crippen LogP) is 2.70. The summed E-state index contributed by atoms with van der Waals surface area (Å²) in [6.07, 6.45) is 6.69. The zero-order valence-corrected chi connectivity index (χ0v) is 14.9. The summed E-state index contributed by atoms with van der Waals surface area (Å²) in [6, 6.07) is 10.9. The minimum absolute atomic E-state index is 0.100. The maximum absolute atomic E-state index is 12.2. The molecule has 0 radical (unpaired) electrons. The van der Waals surface area contributed by atoms with Crippen LogP contribution in [0.2, 0.25) is 0 Å². The molecule has 0 unspecified atom stereocenters. The number of esters is 1. The average molecular weight is 354 g/mol. The second-order valence-corrected chi connectivity index (χ2v) is 5.55. The van der Waals surface area contributed by atoms with Gasteiger partial charge in [-0.2, -0.15) is 0 Å². The van der Waals surface area contributed by atoms with Crippen LogP contribution in [0.4, 0.5) is 0 Å². The Balaban J connectivity index is 1.85. The summed E-state index contributed by atoms with van der Waals surface area (Å²) in [5.74, 6) is 0.0606. The number of likely N-dealkylation sites (N-methyl/N-ethyl adjacent to an activating group) is 1. The zero-order valence-electron chi connectivity index (χ0n) is 14.9. The van der Waals surface area contributed by atoms with Crippen LogP contribution in [-0.4, -0.2) is 42.0 Å². The standard InChI is InChI=1S/C20H22N2O4/c1-3-25-20(24)15-26-18-9-6-16(7-10-18)8-11-19(23)22(2)14-17-5-4-12-21-13-17/h4-13H,3,14-15H2,1-2H3. The normalized spacial score (nSPS) is 10.5. The Labute approximate surface area is 153 Å². The van der Waals surface area contributed by atoms with E-state index in [0.717, 1.165) is 11.1 Å². The number of rotatable bonds is 8. The molecule has 1 amide bonds. The largest absolute Gasteiger partial charge is 0.482 e. The molecule has 26 heavy (non-hydrogen) atoms. The van der Waals surface area contributed by atoms with E-state index in [4.69, 9.17) is 9.47 Å². The molecule has 1 aromatic heterocycles. The number of carbonyl (C=O) groups excluding carboxylic acids is 2. The van der Waals surface area contributed by atoms with Gasteiger partial charge in [-0.15, -0.1) is 0 Å². The molecule has 0 aliphatic heterocycles. The molecule has 0 aliphatic rings. The van der Waals surface area contributed by atoms with E-state index in [1.165, 1.54) is 6.08 Å². The molecule has 2 aromatic rings. The minimum Gasteiger partial charge on any atom is -0.482 e. The van der Waals surface area contributed by atoms with Gasteiger partial charge in [0, 0.05) is 32.1 Å². The molecule has 2 rings (SSSR count). The minimum atomic E-state index is -0.404. The molecule has 0 atom stereocenters. The van der Waals surface area contributed by atoms with Gasteiger partial charge in [-0.1, -0.05) is 18.2 Å². The number of amides is 1. The summed E-state index contributed by atoms with van der Waals surface area (Å²) in [5, 5.41) is 0. The van der Waals surface area contributed by atoms with Crippen LogP contribution in [-0.2, 0) is 20.9 Å². The molecule has 0 spiro atoms. The van der Waals surface area contributed by atoms with Crippen molar-refractivity contribution in [3.8, 4) is 5.75 Å². The van der Waals surface area contributed by atoms with Gasteiger partial charge in [0.2, 0.25) is 5.91 Å². The second kappa shape index (κ2) is 9.98. The second-order valence-electron chi connectivity index (χ2n) is 5.55. The Morgan fingerprint density at radius 2 is 1.96 bits per heavy atom. The first-order valence-corrected chi connectivity index (χ1v) is 8.29. The Bertz CT molecular complexity index is 742. The first-order chi connectivity index (χ1) is 12.6. The summed E-state index contributed by atoms with van der Waals surface area (Å²) in [6.45, 7) is 2.45. The van der Waals surface area contributed by atoms with Crippen LogP contribution in [0.3, 0.4) is 0 Å². The Morgan fingerprint density at radius 1 is 1.19 bits per heavy atom. The number of hydrogen-bond acceptors (Lipinski definition) is 5. The van der Waals surface area contributed by atoms with Crippen molar-refractivity contribution in [3.05, 3.63) is 66.0 Å². The molecular weight excluding hydrogens is 332 g/mol. The third-order valence-corrected chi connectivity index (χ3v) is 3.48. The summed E-state index contributed by atoms with van der Waals surface area (Å²) in [7, 11) is 1.74. The molecule has 6 nitrogen and oxygen atoms in total. The molecule has 1 heterocycles. The Hall–Kier alpha value is -3.15. The molecule has 6 heteroatoms. The van der Waals surface area contributed by atoms with Gasteiger partial charge in [-0.05, 0) is 42.3 Å². The molecule has 0 bridgehead atoms. The van der Waals surface area contributed by atoms with Gasteiger partial charge in [0.05, 0.1) is 6.61 Å². The Kier molecular flexibility index (Phi) is 7.36. The number of aromatic nitrogens is 1. The lowest BCUT2D eigenvalue weighted by Crippen LogP contribution is -2.24. The summed E-state index contributed by atoms with van der Waals surface area (Å²) in [5.41, 5.74) is 1.83. The van der Waals surface area contributed by atoms with E-state index in [1.54, 1.807) is 49.5 Å². The molecule has 136 valence electrons. The molecule has 0 saturated carbocycles. The zero-order chi connectivity index (χ0) is 18.8. The van der Waals surface area contributed by atoms with Gasteiger partial charge in [0.25, 0.3) is 0 Å². The molecule has 0 N–H and O–H groups in total. The molecule has 0 aliphatic carbocycles. The molecular formula is C20H22N2O4. The maximum atomic E-state index is 12.2. The predicted molar refractivity (Wildman–Crippen MR) is 98.3 cm³/mol. The molecule has 0 saturated heterocycles. The molecule has 1 aromatic carbocycles. The van der Waals surface area contributed by atoms with Crippen LogP contribution >= 0.6 is 0 Å². The summed E-state index contributed by atoms with van der Waals surface area (Å²) < 4.78 is 10.1. The number of hydrogen-bond donors (Lipinski definition) is 0. The van der Waals surface area contributed by atoms with Crippen molar-refractivity contribution >= 4 is 18.0 Å². The van der Waals surface area contributed by atoms with Crippen molar-refractivity contribution in [2.24, 2.45) is 0 Å². The third kappa shape index (κ3) is 6.39.